The topological polar surface area (TPSA) is 46.2 Å². The summed E-state index contributed by atoms with van der Waals surface area (Å²) < 4.78 is 50.4. The normalized spacial score (nSPS) is 31.4. The van der Waals surface area contributed by atoms with E-state index < -0.39 is 38.8 Å². The van der Waals surface area contributed by atoms with Crippen LogP contribution in [0.3, 0.4) is 0 Å². The van der Waals surface area contributed by atoms with Crippen molar-refractivity contribution in [3.8, 4) is 0 Å². The molecule has 2 heterocycles. The van der Waals surface area contributed by atoms with Crippen molar-refractivity contribution in [2.45, 2.75) is 75.9 Å². The first kappa shape index (κ1) is 23.8. The molecule has 2 aliphatic heterocycles. The van der Waals surface area contributed by atoms with Gasteiger partial charge in [-0.2, -0.15) is 0 Å². The first-order valence-corrected chi connectivity index (χ1v) is 16.0. The van der Waals surface area contributed by atoms with Gasteiger partial charge in [-0.25, -0.2) is 0 Å². The molecule has 3 aromatic carbocycles. The van der Waals surface area contributed by atoms with Crippen LogP contribution in [0.25, 0.3) is 0 Å². The number of hydrogen-bond donors (Lipinski definition) is 0. The van der Waals surface area contributed by atoms with Gasteiger partial charge in [0, 0.05) is 6.91 Å². The van der Waals surface area contributed by atoms with E-state index in [0.717, 1.165) is 16.7 Å². The van der Waals surface area contributed by atoms with E-state index in [2.05, 4.69) is 13.1 Å². The van der Waals surface area contributed by atoms with Gasteiger partial charge in [-0.3, -0.25) is 0 Å². The summed E-state index contributed by atoms with van der Waals surface area (Å²) in [5, 5.41) is 0. The Labute approximate surface area is 224 Å². The van der Waals surface area contributed by atoms with E-state index in [-0.39, 0.29) is 19.0 Å². The van der Waals surface area contributed by atoms with Crippen LogP contribution in [0.2, 0.25) is 18.6 Å². The summed E-state index contributed by atoms with van der Waals surface area (Å²) in [5.41, 5.74) is 2.97. The number of benzene rings is 3. The molecule has 0 unspecified atom stereocenters. The van der Waals surface area contributed by atoms with Crippen molar-refractivity contribution in [3.05, 3.63) is 108 Å². The average Bonchev–Trinajstić information content (AvgIpc) is 3.20. The zero-order valence-corrected chi connectivity index (χ0v) is 22.6. The van der Waals surface area contributed by atoms with Crippen LogP contribution in [-0.2, 0) is 43.2 Å². The zero-order valence-electron chi connectivity index (χ0n) is 23.6. The van der Waals surface area contributed by atoms with Crippen LogP contribution < -0.4 is 0 Å². The monoisotopic (exact) mass is 520 g/mol. The van der Waals surface area contributed by atoms with E-state index in [0.29, 0.717) is 19.8 Å². The molecule has 6 heteroatoms. The summed E-state index contributed by atoms with van der Waals surface area (Å²) in [6.45, 7) is 5.46. The van der Waals surface area contributed by atoms with E-state index in [9.17, 15) is 1.37 Å². The van der Waals surface area contributed by atoms with Gasteiger partial charge in [0.15, 0.2) is 8.32 Å². The predicted molar refractivity (Wildman–Crippen MR) is 147 cm³/mol. The van der Waals surface area contributed by atoms with E-state index >= 15 is 0 Å². The number of ether oxygens (including phenoxy) is 4. The first-order chi connectivity index (χ1) is 18.9. The van der Waals surface area contributed by atoms with Gasteiger partial charge in [-0.1, -0.05) is 97.9 Å². The number of rotatable bonds is 10. The van der Waals surface area contributed by atoms with Crippen molar-refractivity contribution >= 4 is 8.32 Å². The molecule has 5 nitrogen and oxygen atoms in total. The first-order valence-electron chi connectivity index (χ1n) is 14.2. The summed E-state index contributed by atoms with van der Waals surface area (Å²) in [7, 11) is -2.28. The average molecular weight is 521 g/mol. The van der Waals surface area contributed by atoms with Crippen molar-refractivity contribution in [3.63, 3.8) is 0 Å². The molecule has 0 aliphatic carbocycles. The highest BCUT2D eigenvalue weighted by molar-refractivity contribution is 6.73. The molecule has 2 fully saturated rings. The lowest BCUT2D eigenvalue weighted by Crippen LogP contribution is -2.59. The van der Waals surface area contributed by atoms with Crippen molar-refractivity contribution < 1.29 is 26.1 Å². The minimum absolute atomic E-state index is 0.00245. The fourth-order valence-corrected chi connectivity index (χ4v) is 7.18. The third kappa shape index (κ3) is 6.40. The molecule has 0 radical (unpaired) electrons. The van der Waals surface area contributed by atoms with Gasteiger partial charge < -0.3 is 23.4 Å². The van der Waals surface area contributed by atoms with Crippen LogP contribution in [0, 0.1) is 0 Å². The van der Waals surface area contributed by atoms with Gasteiger partial charge in [0.05, 0.1) is 33.9 Å². The molecule has 5 rings (SSSR count). The van der Waals surface area contributed by atoms with Crippen molar-refractivity contribution in [1.29, 1.82) is 0 Å². The molecule has 3 aromatic rings. The smallest absolute Gasteiger partial charge is 0.192 e. The fraction of sp³-hybridized carbons (Fsp3) is 0.419. The molecule has 0 aromatic heterocycles. The van der Waals surface area contributed by atoms with Crippen LogP contribution in [0.4, 0.5) is 0 Å². The van der Waals surface area contributed by atoms with Crippen LogP contribution >= 0.6 is 0 Å². The van der Waals surface area contributed by atoms with E-state index in [1.165, 1.54) is 0 Å². The second-order valence-electron chi connectivity index (χ2n) is 10.3. The van der Waals surface area contributed by atoms with E-state index in [1.807, 2.05) is 91.0 Å². The predicted octanol–water partition coefficient (Wildman–Crippen LogP) is 6.14. The molecule has 2 saturated heterocycles. The van der Waals surface area contributed by atoms with Gasteiger partial charge in [0.2, 0.25) is 0 Å². The molecular formula is C31H38O5Si. The summed E-state index contributed by atoms with van der Waals surface area (Å²) in [6, 6.07) is 29.8. The van der Waals surface area contributed by atoms with Crippen molar-refractivity contribution in [1.82, 2.24) is 0 Å². The lowest BCUT2D eigenvalue weighted by molar-refractivity contribution is -0.248. The molecule has 0 amide bonds. The Hall–Kier alpha value is -2.32. The Kier molecular flexibility index (Phi) is 7.73. The van der Waals surface area contributed by atoms with Gasteiger partial charge in [-0.15, -0.1) is 0 Å². The summed E-state index contributed by atoms with van der Waals surface area (Å²) in [4.78, 5) is 0. The maximum Gasteiger partial charge on any atom is 0.192 e. The third-order valence-electron chi connectivity index (χ3n) is 7.19. The highest BCUT2D eigenvalue weighted by Gasteiger charge is 2.59. The summed E-state index contributed by atoms with van der Waals surface area (Å²) in [6.07, 6.45) is -3.72. The van der Waals surface area contributed by atoms with Crippen LogP contribution in [0.5, 0.6) is 0 Å². The van der Waals surface area contributed by atoms with Gasteiger partial charge in [0.25, 0.3) is 0 Å². The molecule has 196 valence electrons. The minimum atomic E-state index is -2.28. The van der Waals surface area contributed by atoms with Crippen LogP contribution in [0.1, 0.15) is 26.3 Å². The van der Waals surface area contributed by atoms with Gasteiger partial charge >= 0.3 is 0 Å². The summed E-state index contributed by atoms with van der Waals surface area (Å²) >= 11 is 0. The second kappa shape index (κ2) is 12.0. The maximum atomic E-state index is 9.62. The van der Waals surface area contributed by atoms with Gasteiger partial charge in [-0.05, 0) is 29.8 Å². The Bertz CT molecular complexity index is 1170. The molecule has 0 N–H and O–H groups in total. The minimum Gasteiger partial charge on any atom is -0.409 e. The van der Waals surface area contributed by atoms with Crippen LogP contribution in [-0.4, -0.2) is 45.4 Å². The fourth-order valence-electron chi connectivity index (χ4n) is 4.99. The van der Waals surface area contributed by atoms with Crippen molar-refractivity contribution in [2.75, 3.05) is 6.61 Å². The number of fused-ring (bicyclic) bond motifs is 1. The standard InChI is InChI=1S/C31H38O5Si/c1-23-28-31(36-37(23,2)3)30(34-21-26-17-11-6-12-18-26)29(33-20-25-15-9-5-10-16-25)27(35-28)22-32-19-24-13-7-4-8-14-24/h4-18,23,27-31H,19-22H2,1-3H3/t23-,27+,28+,29+,30-,31-/m0/s1/i1D,27D. The Balaban J connectivity index is 1.44. The Morgan fingerprint density at radius 1 is 0.730 bits per heavy atom. The molecule has 0 bridgehead atoms. The van der Waals surface area contributed by atoms with Crippen molar-refractivity contribution in [2.24, 2.45) is 0 Å². The summed E-state index contributed by atoms with van der Waals surface area (Å²) in [5.74, 6) is 0. The SMILES string of the molecule is [2H]C[C@H]1[C@H]2O[C@]([2H])(COCc3ccccc3)[C@@H](OCc3ccccc3)[C@H](OCc3ccccc3)[C@H]2O[Si]1(C)C. The lowest BCUT2D eigenvalue weighted by Gasteiger charge is -2.44. The van der Waals surface area contributed by atoms with E-state index in [1.54, 1.807) is 0 Å². The van der Waals surface area contributed by atoms with E-state index in [4.69, 9.17) is 24.7 Å². The zero-order chi connectivity index (χ0) is 27.3. The number of hydrogen-bond acceptors (Lipinski definition) is 5. The molecular weight excluding hydrogens is 480 g/mol. The van der Waals surface area contributed by atoms with Crippen LogP contribution in [0.15, 0.2) is 91.0 Å². The molecule has 2 aliphatic rings. The molecule has 0 saturated carbocycles. The molecule has 6 atom stereocenters. The molecule has 37 heavy (non-hydrogen) atoms. The largest absolute Gasteiger partial charge is 0.409 e. The Morgan fingerprint density at radius 2 is 1.24 bits per heavy atom. The highest BCUT2D eigenvalue weighted by atomic mass is 28.4. The second-order valence-corrected chi connectivity index (χ2v) is 14.5. The van der Waals surface area contributed by atoms with Gasteiger partial charge in [0.1, 0.15) is 24.4 Å². The molecule has 0 spiro atoms. The third-order valence-corrected chi connectivity index (χ3v) is 10.2. The maximum absolute atomic E-state index is 9.62. The highest BCUT2D eigenvalue weighted by Crippen LogP contribution is 2.45. The Morgan fingerprint density at radius 3 is 1.78 bits per heavy atom. The quantitative estimate of drug-likeness (QED) is 0.301. The lowest BCUT2D eigenvalue weighted by atomic mass is 9.93.